The summed E-state index contributed by atoms with van der Waals surface area (Å²) in [4.78, 5) is 10.5. The lowest BCUT2D eigenvalue weighted by Gasteiger charge is -2.00. The Morgan fingerprint density at radius 3 is 1.91 bits per heavy atom. The molecule has 2 aromatic carbocycles. The zero-order valence-electron chi connectivity index (χ0n) is 20.3. The molecule has 0 bridgehead atoms. The Balaban J connectivity index is 0.000000124. The second-order valence-corrected chi connectivity index (χ2v) is 10.5. The molecule has 0 aliphatic carbocycles. The van der Waals surface area contributed by atoms with Crippen LogP contribution >= 0.6 is 22.7 Å². The predicted octanol–water partition coefficient (Wildman–Crippen LogP) is 9.77. The molecule has 0 fully saturated rings. The number of hydrogen-bond donors (Lipinski definition) is 2. The number of thiophene rings is 2. The Morgan fingerprint density at radius 2 is 1.34 bits per heavy atom. The van der Waals surface area contributed by atoms with Gasteiger partial charge in [0.2, 0.25) is 0 Å². The van der Waals surface area contributed by atoms with Crippen LogP contribution in [0.3, 0.4) is 0 Å². The van der Waals surface area contributed by atoms with Crippen LogP contribution in [0.25, 0.3) is 32.3 Å². The number of H-pyrrole nitrogens is 2. The van der Waals surface area contributed by atoms with E-state index in [1.165, 1.54) is 37.0 Å². The molecule has 6 rings (SSSR count). The van der Waals surface area contributed by atoms with Gasteiger partial charge in [0.1, 0.15) is 0 Å². The summed E-state index contributed by atoms with van der Waals surface area (Å²) < 4.78 is 0. The van der Waals surface area contributed by atoms with Crippen LogP contribution in [0, 0.1) is 20.8 Å². The van der Waals surface area contributed by atoms with Crippen molar-refractivity contribution >= 4 is 22.7 Å². The number of aromatic nitrogens is 2. The molecular weight excluding hydrogens is 464 g/mol. The van der Waals surface area contributed by atoms with Gasteiger partial charge in [-0.3, -0.25) is 0 Å². The van der Waals surface area contributed by atoms with Crippen molar-refractivity contribution in [2.45, 2.75) is 20.8 Å². The summed E-state index contributed by atoms with van der Waals surface area (Å²) in [5.74, 6) is 0. The molecule has 35 heavy (non-hydrogen) atoms. The Bertz CT molecular complexity index is 1320. The summed E-state index contributed by atoms with van der Waals surface area (Å²) in [6.07, 6.45) is 1.92. The van der Waals surface area contributed by atoms with Gasteiger partial charge in [-0.1, -0.05) is 66.2 Å². The Hall–Kier alpha value is -3.60. The van der Waals surface area contributed by atoms with Crippen LogP contribution in [0.15, 0.2) is 115 Å². The van der Waals surface area contributed by atoms with Gasteiger partial charge in [-0.2, -0.15) is 0 Å². The molecule has 4 heteroatoms. The minimum Gasteiger partial charge on any atom is -0.360 e. The lowest BCUT2D eigenvalue weighted by atomic mass is 10.0. The van der Waals surface area contributed by atoms with Crippen molar-refractivity contribution in [1.29, 1.82) is 0 Å². The Kier molecular flexibility index (Phi) is 8.55. The molecule has 2 N–H and O–H groups in total. The van der Waals surface area contributed by atoms with E-state index in [1.807, 2.05) is 42.7 Å². The lowest BCUT2D eigenvalue weighted by molar-refractivity contribution is 1.25. The fourth-order valence-corrected chi connectivity index (χ4v) is 5.22. The number of rotatable bonds is 3. The van der Waals surface area contributed by atoms with Crippen molar-refractivity contribution in [3.05, 3.63) is 131 Å². The van der Waals surface area contributed by atoms with Gasteiger partial charge in [0.25, 0.3) is 0 Å². The molecule has 0 spiro atoms. The minimum absolute atomic E-state index is 1.14. The van der Waals surface area contributed by atoms with E-state index in [1.54, 1.807) is 11.3 Å². The van der Waals surface area contributed by atoms with Gasteiger partial charge in [0.15, 0.2) is 0 Å². The second-order valence-electron chi connectivity index (χ2n) is 8.26. The highest BCUT2D eigenvalue weighted by atomic mass is 32.1. The number of nitrogens with one attached hydrogen (secondary N) is 2. The fraction of sp³-hybridized carbons (Fsp3) is 0.0968. The molecule has 4 heterocycles. The van der Waals surface area contributed by atoms with Crippen molar-refractivity contribution < 1.29 is 0 Å². The monoisotopic (exact) mass is 494 g/mol. The van der Waals surface area contributed by atoms with Gasteiger partial charge >= 0.3 is 0 Å². The third-order valence-electron chi connectivity index (χ3n) is 5.38. The Morgan fingerprint density at radius 1 is 0.571 bits per heavy atom. The molecule has 0 aliphatic heterocycles. The van der Waals surface area contributed by atoms with Gasteiger partial charge in [0.05, 0.1) is 11.4 Å². The maximum atomic E-state index is 3.25. The normalized spacial score (nSPS) is 10.1. The molecule has 0 atom stereocenters. The maximum absolute atomic E-state index is 3.25. The first kappa shape index (κ1) is 24.5. The van der Waals surface area contributed by atoms with Crippen LogP contribution < -0.4 is 0 Å². The molecule has 0 amide bonds. The fourth-order valence-electron chi connectivity index (χ4n) is 3.52. The molecule has 0 unspecified atom stereocenters. The van der Waals surface area contributed by atoms with Gasteiger partial charge in [0, 0.05) is 26.5 Å². The van der Waals surface area contributed by atoms with E-state index in [2.05, 4.69) is 114 Å². The predicted molar refractivity (Wildman–Crippen MR) is 154 cm³/mol. The van der Waals surface area contributed by atoms with Crippen LogP contribution in [0.5, 0.6) is 0 Å². The quantitative estimate of drug-likeness (QED) is 0.245. The average Bonchev–Trinajstić information content (AvgIpc) is 3.68. The molecule has 4 aromatic heterocycles. The standard InChI is InChI=1S/C13H12.C9H10N2.C9H8S2/c1-11-7-9-13(10-8-11)12-5-3-2-4-6-12;2*1-7-4-5-9(11-7)8-3-2-6-10-8/h2-10H,1H3;2-6,10-11H,1H3;2-6H,1H3. The summed E-state index contributed by atoms with van der Waals surface area (Å²) in [5, 5.41) is 2.12. The third-order valence-corrected chi connectivity index (χ3v) is 7.45. The van der Waals surface area contributed by atoms with Crippen LogP contribution in [-0.4, -0.2) is 9.97 Å². The average molecular weight is 495 g/mol. The van der Waals surface area contributed by atoms with E-state index in [9.17, 15) is 0 Å². The zero-order valence-corrected chi connectivity index (χ0v) is 21.9. The van der Waals surface area contributed by atoms with Gasteiger partial charge in [-0.25, -0.2) is 0 Å². The molecule has 2 nitrogen and oxygen atoms in total. The van der Waals surface area contributed by atoms with Crippen LogP contribution in [-0.2, 0) is 0 Å². The molecule has 0 saturated carbocycles. The summed E-state index contributed by atoms with van der Waals surface area (Å²) in [7, 11) is 0. The molecule has 0 aliphatic rings. The van der Waals surface area contributed by atoms with Crippen LogP contribution in [0.2, 0.25) is 0 Å². The van der Waals surface area contributed by atoms with Crippen LogP contribution in [0.1, 0.15) is 16.1 Å². The zero-order chi connectivity index (χ0) is 24.5. The van der Waals surface area contributed by atoms with E-state index in [0.717, 1.165) is 11.4 Å². The first-order chi connectivity index (χ1) is 17.1. The third kappa shape index (κ3) is 7.19. The SMILES string of the molecule is Cc1ccc(-c2ccc[nH]2)[nH]1.Cc1ccc(-c2ccccc2)cc1.Cc1ccc(-c2cccs2)s1. The van der Waals surface area contributed by atoms with Crippen LogP contribution in [0.4, 0.5) is 0 Å². The first-order valence-electron chi connectivity index (χ1n) is 11.6. The number of benzene rings is 2. The molecule has 0 radical (unpaired) electrons. The van der Waals surface area contributed by atoms with E-state index in [0.29, 0.717) is 0 Å². The highest BCUT2D eigenvalue weighted by molar-refractivity contribution is 7.21. The summed E-state index contributed by atoms with van der Waals surface area (Å²) >= 11 is 3.66. The second kappa shape index (κ2) is 12.2. The summed E-state index contributed by atoms with van der Waals surface area (Å²) in [6.45, 7) is 6.29. The van der Waals surface area contributed by atoms with E-state index in [4.69, 9.17) is 0 Å². The largest absolute Gasteiger partial charge is 0.360 e. The number of aryl methyl sites for hydroxylation is 3. The van der Waals surface area contributed by atoms with E-state index < -0.39 is 0 Å². The van der Waals surface area contributed by atoms with E-state index in [-0.39, 0.29) is 0 Å². The smallest absolute Gasteiger partial charge is 0.0621 e. The topological polar surface area (TPSA) is 31.6 Å². The summed E-state index contributed by atoms with van der Waals surface area (Å²) in [5.41, 5.74) is 7.34. The Labute approximate surface area is 216 Å². The molecular formula is C31H30N2S2. The van der Waals surface area contributed by atoms with Crippen molar-refractivity contribution in [1.82, 2.24) is 9.97 Å². The molecule has 176 valence electrons. The highest BCUT2D eigenvalue weighted by Gasteiger charge is 2.00. The highest BCUT2D eigenvalue weighted by Crippen LogP contribution is 2.30. The van der Waals surface area contributed by atoms with E-state index >= 15 is 0 Å². The molecule has 6 aromatic rings. The van der Waals surface area contributed by atoms with Gasteiger partial charge in [-0.05, 0) is 79.7 Å². The summed E-state index contributed by atoms with van der Waals surface area (Å²) in [6, 6.07) is 35.8. The van der Waals surface area contributed by atoms with Gasteiger partial charge < -0.3 is 9.97 Å². The van der Waals surface area contributed by atoms with Gasteiger partial charge in [-0.15, -0.1) is 22.7 Å². The maximum Gasteiger partial charge on any atom is 0.0621 e. The lowest BCUT2D eigenvalue weighted by Crippen LogP contribution is -1.76. The number of aromatic amines is 2. The first-order valence-corrected chi connectivity index (χ1v) is 13.3. The number of hydrogen-bond acceptors (Lipinski definition) is 2. The van der Waals surface area contributed by atoms with Crippen molar-refractivity contribution in [3.8, 4) is 32.3 Å². The van der Waals surface area contributed by atoms with Crippen molar-refractivity contribution in [3.63, 3.8) is 0 Å². The molecule has 0 saturated heterocycles. The van der Waals surface area contributed by atoms with Crippen molar-refractivity contribution in [2.75, 3.05) is 0 Å². The van der Waals surface area contributed by atoms with Crippen molar-refractivity contribution in [2.24, 2.45) is 0 Å². The minimum atomic E-state index is 1.14.